The van der Waals surface area contributed by atoms with Gasteiger partial charge in [-0.05, 0) is 60.1 Å². The first kappa shape index (κ1) is 35.5. The van der Waals surface area contributed by atoms with Crippen LogP contribution < -0.4 is 9.30 Å². The van der Waals surface area contributed by atoms with Crippen molar-refractivity contribution in [3.05, 3.63) is 114 Å². The number of benzene rings is 4. The van der Waals surface area contributed by atoms with Gasteiger partial charge in [-0.25, -0.2) is 13.2 Å². The third kappa shape index (κ3) is 9.53. The third-order valence-corrected chi connectivity index (χ3v) is 8.34. The number of thioether (sulfide) groups is 1. The van der Waals surface area contributed by atoms with Gasteiger partial charge in [0.25, 0.3) is 0 Å². The van der Waals surface area contributed by atoms with Gasteiger partial charge in [0.15, 0.2) is 10.1 Å². The number of carbonyl (C=O) groups is 1. The number of para-hydroxylation sites is 2. The van der Waals surface area contributed by atoms with Gasteiger partial charge >= 0.3 is 11.5 Å². The molecule has 0 saturated heterocycles. The van der Waals surface area contributed by atoms with Crippen LogP contribution in [0.25, 0.3) is 21.8 Å². The first-order valence-electron chi connectivity index (χ1n) is 14.1. The van der Waals surface area contributed by atoms with E-state index in [1.807, 2.05) is 79.8 Å². The van der Waals surface area contributed by atoms with Crippen LogP contribution >= 0.6 is 11.8 Å². The summed E-state index contributed by atoms with van der Waals surface area (Å²) in [6, 6.07) is 34.2. The number of aryl methyl sites for hydroxylation is 1. The number of pyridine rings is 1. The fourth-order valence-electron chi connectivity index (χ4n) is 4.40. The molecular formula is C34H34F3NO5S2. The number of aromatic nitrogens is 1. The van der Waals surface area contributed by atoms with Crippen LogP contribution in [-0.2, 0) is 17.2 Å². The second-order valence-electron chi connectivity index (χ2n) is 9.88. The van der Waals surface area contributed by atoms with E-state index in [-0.39, 0.29) is 5.97 Å². The van der Waals surface area contributed by atoms with Crippen molar-refractivity contribution < 1.29 is 40.2 Å². The van der Waals surface area contributed by atoms with Crippen LogP contribution in [0, 0.1) is 0 Å². The average Bonchev–Trinajstić information content (AvgIpc) is 3.02. The minimum absolute atomic E-state index is 0.334. The van der Waals surface area contributed by atoms with Crippen LogP contribution in [0.5, 0.6) is 5.75 Å². The molecule has 0 saturated carbocycles. The van der Waals surface area contributed by atoms with Crippen LogP contribution in [0.15, 0.2) is 108 Å². The smallest absolute Gasteiger partial charge is 0.485 e. The number of esters is 1. The average molecular weight is 658 g/mol. The maximum absolute atomic E-state index is 13.1. The molecule has 1 atom stereocenters. The molecule has 0 radical (unpaired) electrons. The second kappa shape index (κ2) is 15.9. The summed E-state index contributed by atoms with van der Waals surface area (Å²) in [4.78, 5) is 14.3. The Balaban J connectivity index is 0.000000252. The fourth-order valence-corrected chi connectivity index (χ4v) is 5.06. The van der Waals surface area contributed by atoms with Crippen LogP contribution in [-0.4, -0.2) is 30.2 Å². The molecule has 238 valence electrons. The Bertz CT molecular complexity index is 1770. The summed E-state index contributed by atoms with van der Waals surface area (Å²) in [6.07, 6.45) is 1.23. The van der Waals surface area contributed by atoms with E-state index in [1.165, 1.54) is 16.9 Å². The summed E-state index contributed by atoms with van der Waals surface area (Å²) in [6.45, 7) is 6.59. The Morgan fingerprint density at radius 1 is 0.844 bits per heavy atom. The lowest BCUT2D eigenvalue weighted by molar-refractivity contribution is -0.617. The molecule has 5 aromatic rings. The van der Waals surface area contributed by atoms with Crippen molar-refractivity contribution in [2.45, 2.75) is 43.5 Å². The molecule has 0 N–H and O–H groups in total. The molecule has 1 heterocycles. The molecule has 5 rings (SSSR count). The number of fused-ring (bicyclic) bond motifs is 2. The van der Waals surface area contributed by atoms with Crippen molar-refractivity contribution in [1.82, 2.24) is 0 Å². The van der Waals surface area contributed by atoms with E-state index in [4.69, 9.17) is 17.7 Å². The molecule has 0 aliphatic heterocycles. The number of halogens is 3. The highest BCUT2D eigenvalue weighted by atomic mass is 32.2. The van der Waals surface area contributed by atoms with E-state index in [0.717, 1.165) is 27.6 Å². The van der Waals surface area contributed by atoms with Crippen molar-refractivity contribution in [1.29, 1.82) is 0 Å². The number of nitrogens with zero attached hydrogens (tertiary/aromatic N) is 1. The molecule has 0 aliphatic rings. The Kier molecular flexibility index (Phi) is 12.5. The number of hydrogen-bond donors (Lipinski definition) is 0. The standard InChI is InChI=1S/C23H20NO2S.C10H14.CHF3O3S/c1-3-27-17-14-12-16(13-15-17)26-23(25)22-18-8-4-6-10-20(18)24(2)21-11-7-5-9-19(21)22;1-3-9(2)10-7-5-4-6-8-10;2-1(3,4)8(5,6)7/h4-15H,3H2,1-2H3;4-9H,3H2,1-2H3;(H,5,6,7)/q+1;;/p-1. The van der Waals surface area contributed by atoms with Crippen molar-refractivity contribution in [2.24, 2.45) is 7.05 Å². The molecule has 0 aliphatic carbocycles. The summed E-state index contributed by atoms with van der Waals surface area (Å²) >= 11 is 1.76. The fraction of sp³-hybridized carbons (Fsp3) is 0.235. The summed E-state index contributed by atoms with van der Waals surface area (Å²) in [7, 11) is -4.07. The summed E-state index contributed by atoms with van der Waals surface area (Å²) < 4.78 is 66.7. The maximum atomic E-state index is 13.1. The molecule has 0 spiro atoms. The molecule has 0 amide bonds. The van der Waals surface area contributed by atoms with E-state index >= 15 is 0 Å². The quantitative estimate of drug-likeness (QED) is 0.0347. The normalized spacial score (nSPS) is 12.0. The number of ether oxygens (including phenoxy) is 1. The monoisotopic (exact) mass is 657 g/mol. The van der Waals surface area contributed by atoms with Gasteiger partial charge in [0.1, 0.15) is 12.8 Å². The predicted molar refractivity (Wildman–Crippen MR) is 171 cm³/mol. The van der Waals surface area contributed by atoms with Crippen molar-refractivity contribution >= 4 is 49.7 Å². The van der Waals surface area contributed by atoms with Crippen LogP contribution in [0.1, 0.15) is 49.0 Å². The summed E-state index contributed by atoms with van der Waals surface area (Å²) in [5.41, 5.74) is -1.60. The van der Waals surface area contributed by atoms with Gasteiger partial charge in [0, 0.05) is 17.0 Å². The third-order valence-electron chi connectivity index (χ3n) is 6.88. The first-order valence-corrected chi connectivity index (χ1v) is 16.5. The zero-order valence-corrected chi connectivity index (χ0v) is 26.9. The molecule has 4 aromatic carbocycles. The van der Waals surface area contributed by atoms with Crippen molar-refractivity contribution in [2.75, 3.05) is 5.75 Å². The Morgan fingerprint density at radius 2 is 1.31 bits per heavy atom. The molecule has 6 nitrogen and oxygen atoms in total. The maximum Gasteiger partial charge on any atom is 0.485 e. The van der Waals surface area contributed by atoms with Crippen LogP contribution in [0.4, 0.5) is 13.2 Å². The Morgan fingerprint density at radius 3 is 1.76 bits per heavy atom. The zero-order valence-electron chi connectivity index (χ0n) is 25.2. The highest BCUT2D eigenvalue weighted by Crippen LogP contribution is 2.27. The SMILES string of the molecule is CCC(C)c1ccccc1.CCSc1ccc(OC(=O)c2c3ccccc3[n+](C)c3ccccc23)cc1.O=S(=O)([O-])C(F)(F)F. The van der Waals surface area contributed by atoms with Gasteiger partial charge in [0.2, 0.25) is 11.0 Å². The van der Waals surface area contributed by atoms with Gasteiger partial charge in [-0.2, -0.15) is 17.7 Å². The van der Waals surface area contributed by atoms with Crippen molar-refractivity contribution in [3.8, 4) is 5.75 Å². The van der Waals surface area contributed by atoms with Crippen LogP contribution in [0.3, 0.4) is 0 Å². The highest BCUT2D eigenvalue weighted by molar-refractivity contribution is 7.99. The lowest BCUT2D eigenvalue weighted by Crippen LogP contribution is -2.31. The number of alkyl halides is 3. The number of rotatable bonds is 6. The predicted octanol–water partition coefficient (Wildman–Crippen LogP) is 8.40. The van der Waals surface area contributed by atoms with E-state index in [2.05, 4.69) is 55.7 Å². The molecule has 45 heavy (non-hydrogen) atoms. The molecule has 11 heteroatoms. The minimum Gasteiger partial charge on any atom is -0.741 e. The molecule has 0 bridgehead atoms. The van der Waals surface area contributed by atoms with E-state index in [9.17, 15) is 18.0 Å². The molecule has 1 unspecified atom stereocenters. The topological polar surface area (TPSA) is 87.4 Å². The molecule has 1 aromatic heterocycles. The van der Waals surface area contributed by atoms with Crippen LogP contribution in [0.2, 0.25) is 0 Å². The van der Waals surface area contributed by atoms with E-state index < -0.39 is 15.6 Å². The van der Waals surface area contributed by atoms with Gasteiger partial charge in [0.05, 0.1) is 16.3 Å². The lowest BCUT2D eigenvalue weighted by Gasteiger charge is -2.10. The lowest BCUT2D eigenvalue weighted by atomic mass is 9.99. The Hall–Kier alpha value is -3.93. The zero-order chi connectivity index (χ0) is 33.2. The van der Waals surface area contributed by atoms with Crippen molar-refractivity contribution in [3.63, 3.8) is 0 Å². The van der Waals surface area contributed by atoms with Gasteiger partial charge in [-0.3, -0.25) is 0 Å². The first-order chi connectivity index (χ1) is 21.3. The number of hydrogen-bond acceptors (Lipinski definition) is 6. The summed E-state index contributed by atoms with van der Waals surface area (Å²) in [5, 5.41) is 1.78. The Labute approximate surface area is 265 Å². The minimum atomic E-state index is -6.09. The second-order valence-corrected chi connectivity index (χ2v) is 12.6. The highest BCUT2D eigenvalue weighted by Gasteiger charge is 2.37. The number of carbonyl (C=O) groups excluding carboxylic acids is 1. The molecular weight excluding hydrogens is 624 g/mol. The molecule has 0 fully saturated rings. The summed E-state index contributed by atoms with van der Waals surface area (Å²) in [5.74, 6) is 1.94. The van der Waals surface area contributed by atoms with E-state index in [1.54, 1.807) is 11.8 Å². The van der Waals surface area contributed by atoms with Gasteiger partial charge in [-0.15, -0.1) is 11.8 Å². The van der Waals surface area contributed by atoms with Gasteiger partial charge < -0.3 is 9.29 Å². The van der Waals surface area contributed by atoms with Gasteiger partial charge in [-0.1, -0.05) is 75.4 Å². The van der Waals surface area contributed by atoms with E-state index in [0.29, 0.717) is 17.2 Å². The largest absolute Gasteiger partial charge is 0.741 e.